The summed E-state index contributed by atoms with van der Waals surface area (Å²) in [5.74, 6) is 2.01. The highest BCUT2D eigenvalue weighted by atomic mass is 32.1. The number of aromatic nitrogens is 1. The quantitative estimate of drug-likeness (QED) is 0.409. The van der Waals surface area contributed by atoms with E-state index in [1.807, 2.05) is 36.6 Å². The molecule has 2 N–H and O–H groups in total. The summed E-state index contributed by atoms with van der Waals surface area (Å²) in [5, 5.41) is 8.20. The number of amides is 1. The largest absolute Gasteiger partial charge is 0.497 e. The van der Waals surface area contributed by atoms with E-state index in [0.717, 1.165) is 27.8 Å². The minimum Gasteiger partial charge on any atom is -0.497 e. The van der Waals surface area contributed by atoms with Crippen molar-refractivity contribution >= 4 is 28.6 Å². The van der Waals surface area contributed by atoms with Crippen LogP contribution < -0.4 is 15.4 Å². The number of carbonyl (C=O) groups excluding carboxylic acids is 1. The number of nitrogens with one attached hydrogen (secondary N) is 2. The van der Waals surface area contributed by atoms with Gasteiger partial charge in [0.05, 0.1) is 18.5 Å². The first-order valence-corrected chi connectivity index (χ1v) is 10.3. The molecule has 0 unspecified atom stereocenters. The molecule has 0 fully saturated rings. The van der Waals surface area contributed by atoms with Crippen molar-refractivity contribution in [3.63, 3.8) is 0 Å². The highest BCUT2D eigenvalue weighted by Gasteiger charge is 2.12. The molecule has 2 heterocycles. The van der Waals surface area contributed by atoms with E-state index in [1.165, 1.54) is 0 Å². The topological polar surface area (TPSA) is 76.4 Å². The van der Waals surface area contributed by atoms with E-state index in [4.69, 9.17) is 9.15 Å². The molecule has 0 aliphatic rings. The van der Waals surface area contributed by atoms with Gasteiger partial charge in [0.2, 0.25) is 5.89 Å². The van der Waals surface area contributed by atoms with E-state index in [0.29, 0.717) is 23.7 Å². The lowest BCUT2D eigenvalue weighted by atomic mass is 10.2. The Hall–Kier alpha value is -3.58. The second-order valence-corrected chi connectivity index (χ2v) is 7.56. The average Bonchev–Trinajstić information content (AvgIpc) is 3.43. The monoisotopic (exact) mass is 419 g/mol. The van der Waals surface area contributed by atoms with Crippen LogP contribution in [0.15, 0.2) is 70.5 Å². The maximum Gasteiger partial charge on any atom is 0.255 e. The van der Waals surface area contributed by atoms with Crippen molar-refractivity contribution in [3.8, 4) is 16.5 Å². The van der Waals surface area contributed by atoms with Crippen LogP contribution in [0.25, 0.3) is 10.8 Å². The number of thiophene rings is 1. The van der Waals surface area contributed by atoms with Crippen molar-refractivity contribution in [2.75, 3.05) is 17.7 Å². The average molecular weight is 420 g/mol. The van der Waals surface area contributed by atoms with Crippen molar-refractivity contribution < 1.29 is 13.9 Å². The number of hydrogen-bond acceptors (Lipinski definition) is 6. The van der Waals surface area contributed by atoms with Crippen LogP contribution in [-0.2, 0) is 6.54 Å². The SMILES string of the molecule is COc1ccc(NC(=O)c2ccc(NCc3nc(-c4cccs4)oc3C)cc2)cc1. The van der Waals surface area contributed by atoms with Crippen molar-refractivity contribution in [1.29, 1.82) is 0 Å². The van der Waals surface area contributed by atoms with Gasteiger partial charge in [-0.2, -0.15) is 0 Å². The number of hydrogen-bond donors (Lipinski definition) is 2. The third kappa shape index (κ3) is 4.52. The van der Waals surface area contributed by atoms with E-state index >= 15 is 0 Å². The minimum atomic E-state index is -0.167. The van der Waals surface area contributed by atoms with Gasteiger partial charge in [0, 0.05) is 16.9 Å². The molecule has 7 heteroatoms. The van der Waals surface area contributed by atoms with Gasteiger partial charge in [0.15, 0.2) is 0 Å². The number of anilines is 2. The van der Waals surface area contributed by atoms with Gasteiger partial charge in [-0.15, -0.1) is 11.3 Å². The lowest BCUT2D eigenvalue weighted by Gasteiger charge is -2.08. The molecule has 0 bridgehead atoms. The Kier molecular flexibility index (Phi) is 5.81. The summed E-state index contributed by atoms with van der Waals surface area (Å²) in [6.45, 7) is 2.45. The fourth-order valence-electron chi connectivity index (χ4n) is 2.90. The lowest BCUT2D eigenvalue weighted by molar-refractivity contribution is 0.102. The number of carbonyl (C=O) groups is 1. The van der Waals surface area contributed by atoms with Gasteiger partial charge in [-0.25, -0.2) is 4.98 Å². The van der Waals surface area contributed by atoms with Gasteiger partial charge in [0.25, 0.3) is 5.91 Å². The van der Waals surface area contributed by atoms with Crippen molar-refractivity contribution in [2.45, 2.75) is 13.5 Å². The molecule has 2 aromatic heterocycles. The predicted octanol–water partition coefficient (Wildman–Crippen LogP) is 5.58. The Bertz CT molecular complexity index is 1120. The zero-order chi connectivity index (χ0) is 20.9. The third-order valence-corrected chi connectivity index (χ3v) is 5.44. The molecule has 152 valence electrons. The lowest BCUT2D eigenvalue weighted by Crippen LogP contribution is -2.11. The molecule has 0 radical (unpaired) electrons. The molecule has 0 saturated heterocycles. The van der Waals surface area contributed by atoms with E-state index in [2.05, 4.69) is 15.6 Å². The highest BCUT2D eigenvalue weighted by Crippen LogP contribution is 2.26. The van der Waals surface area contributed by atoms with Crippen molar-refractivity contribution in [3.05, 3.63) is 83.1 Å². The summed E-state index contributed by atoms with van der Waals surface area (Å²) in [5.41, 5.74) is 3.05. The van der Waals surface area contributed by atoms with Gasteiger partial charge >= 0.3 is 0 Å². The summed E-state index contributed by atoms with van der Waals surface area (Å²) in [7, 11) is 1.61. The highest BCUT2D eigenvalue weighted by molar-refractivity contribution is 7.13. The minimum absolute atomic E-state index is 0.167. The van der Waals surface area contributed by atoms with Crippen LogP contribution in [0.4, 0.5) is 11.4 Å². The van der Waals surface area contributed by atoms with Crippen LogP contribution in [0.3, 0.4) is 0 Å². The first-order chi connectivity index (χ1) is 14.6. The number of oxazole rings is 1. The fourth-order valence-corrected chi connectivity index (χ4v) is 3.55. The van der Waals surface area contributed by atoms with E-state index in [1.54, 1.807) is 54.8 Å². The molecule has 2 aromatic carbocycles. The van der Waals surface area contributed by atoms with Gasteiger partial charge in [-0.05, 0) is 66.9 Å². The summed E-state index contributed by atoms with van der Waals surface area (Å²) >= 11 is 1.60. The van der Waals surface area contributed by atoms with Crippen LogP contribution in [-0.4, -0.2) is 18.0 Å². The first kappa shape index (κ1) is 19.7. The van der Waals surface area contributed by atoms with Crippen LogP contribution in [0.2, 0.25) is 0 Å². The normalized spacial score (nSPS) is 10.6. The zero-order valence-corrected chi connectivity index (χ0v) is 17.5. The van der Waals surface area contributed by atoms with Crippen LogP contribution >= 0.6 is 11.3 Å². The van der Waals surface area contributed by atoms with Gasteiger partial charge in [-0.3, -0.25) is 4.79 Å². The molecule has 1 amide bonds. The van der Waals surface area contributed by atoms with E-state index < -0.39 is 0 Å². The van der Waals surface area contributed by atoms with Crippen LogP contribution in [0.5, 0.6) is 5.75 Å². The van der Waals surface area contributed by atoms with Gasteiger partial charge in [0.1, 0.15) is 17.2 Å². The maximum absolute atomic E-state index is 12.4. The zero-order valence-electron chi connectivity index (χ0n) is 16.6. The molecule has 0 aliphatic carbocycles. The predicted molar refractivity (Wildman–Crippen MR) is 119 cm³/mol. The van der Waals surface area contributed by atoms with Crippen LogP contribution in [0.1, 0.15) is 21.8 Å². The standard InChI is InChI=1S/C23H21N3O3S/c1-15-20(26-23(29-15)21-4-3-13-30-21)14-24-17-7-5-16(6-8-17)22(27)25-18-9-11-19(28-2)12-10-18/h3-13,24H,14H2,1-2H3,(H,25,27). The van der Waals surface area contributed by atoms with E-state index in [-0.39, 0.29) is 5.91 Å². The Labute approximate surface area is 178 Å². The molecule has 0 aliphatic heterocycles. The number of ether oxygens (including phenoxy) is 1. The third-order valence-electron chi connectivity index (χ3n) is 4.58. The Morgan fingerprint density at radius 1 is 1.07 bits per heavy atom. The van der Waals surface area contributed by atoms with Gasteiger partial charge < -0.3 is 19.8 Å². The summed E-state index contributed by atoms with van der Waals surface area (Å²) in [6, 6.07) is 18.5. The van der Waals surface area contributed by atoms with Crippen molar-refractivity contribution in [2.24, 2.45) is 0 Å². The fraction of sp³-hybridized carbons (Fsp3) is 0.130. The number of benzene rings is 2. The Balaban J connectivity index is 1.36. The molecular formula is C23H21N3O3S. The molecule has 4 rings (SSSR count). The summed E-state index contributed by atoms with van der Waals surface area (Å²) < 4.78 is 10.9. The summed E-state index contributed by atoms with van der Waals surface area (Å²) in [6.07, 6.45) is 0. The summed E-state index contributed by atoms with van der Waals surface area (Å²) in [4.78, 5) is 18.0. The Morgan fingerprint density at radius 3 is 2.47 bits per heavy atom. The molecule has 0 saturated carbocycles. The molecular weight excluding hydrogens is 398 g/mol. The number of nitrogens with zero attached hydrogens (tertiary/aromatic N) is 1. The molecule has 0 atom stereocenters. The molecule has 6 nitrogen and oxygen atoms in total. The number of aryl methyl sites for hydroxylation is 1. The second-order valence-electron chi connectivity index (χ2n) is 6.61. The molecule has 0 spiro atoms. The molecule has 4 aromatic rings. The smallest absolute Gasteiger partial charge is 0.255 e. The number of methoxy groups -OCH3 is 1. The van der Waals surface area contributed by atoms with Crippen molar-refractivity contribution in [1.82, 2.24) is 4.98 Å². The first-order valence-electron chi connectivity index (χ1n) is 9.42. The molecule has 30 heavy (non-hydrogen) atoms. The Morgan fingerprint density at radius 2 is 1.80 bits per heavy atom. The maximum atomic E-state index is 12.4. The number of rotatable bonds is 7. The van der Waals surface area contributed by atoms with E-state index in [9.17, 15) is 4.79 Å². The van der Waals surface area contributed by atoms with Crippen LogP contribution in [0, 0.1) is 6.92 Å². The second kappa shape index (κ2) is 8.84. The van der Waals surface area contributed by atoms with Gasteiger partial charge in [-0.1, -0.05) is 6.07 Å².